The molecule has 0 aliphatic heterocycles. The van der Waals surface area contributed by atoms with Crippen LogP contribution >= 0.6 is 0 Å². The first kappa shape index (κ1) is 16.4. The number of aliphatic hydroxyl groups excluding tert-OH is 2. The fourth-order valence-electron chi connectivity index (χ4n) is 1.99. The summed E-state index contributed by atoms with van der Waals surface area (Å²) in [5.74, 6) is -0.181. The van der Waals surface area contributed by atoms with Crippen LogP contribution in [0.2, 0.25) is 0 Å². The quantitative estimate of drug-likeness (QED) is 0.535. The Kier molecular flexibility index (Phi) is 6.44. The van der Waals surface area contributed by atoms with Crippen molar-refractivity contribution in [1.82, 2.24) is 4.90 Å². The number of aliphatic hydroxyl groups is 2. The van der Waals surface area contributed by atoms with Gasteiger partial charge in [0.2, 0.25) is 5.91 Å². The molecule has 6 heteroatoms. The molecule has 0 spiro atoms. The molecule has 0 fully saturated rings. The molecule has 0 aliphatic carbocycles. The second-order valence-corrected chi connectivity index (χ2v) is 4.72. The molecule has 112 valence electrons. The number of aryl methyl sites for hydroxylation is 1. The Balaban J connectivity index is 2.73. The second-order valence-electron chi connectivity index (χ2n) is 4.72. The summed E-state index contributed by atoms with van der Waals surface area (Å²) >= 11 is 0. The third-order valence-electron chi connectivity index (χ3n) is 3.21. The van der Waals surface area contributed by atoms with Gasteiger partial charge in [-0.1, -0.05) is 0 Å². The number of anilines is 2. The SMILES string of the molecule is Cc1cc(N)ccc1NC(=O)C(C)N(CCO)CCO. The van der Waals surface area contributed by atoms with E-state index in [1.54, 1.807) is 30.0 Å². The van der Waals surface area contributed by atoms with Gasteiger partial charge in [0.15, 0.2) is 0 Å². The number of nitrogens with zero attached hydrogens (tertiary/aromatic N) is 1. The third-order valence-corrected chi connectivity index (χ3v) is 3.21. The summed E-state index contributed by atoms with van der Waals surface area (Å²) in [7, 11) is 0. The molecule has 0 aromatic heterocycles. The number of rotatable bonds is 7. The van der Waals surface area contributed by atoms with Crippen molar-refractivity contribution in [3.05, 3.63) is 23.8 Å². The van der Waals surface area contributed by atoms with Gasteiger partial charge in [-0.2, -0.15) is 0 Å². The molecule has 1 amide bonds. The molecule has 0 bridgehead atoms. The number of benzene rings is 1. The van der Waals surface area contributed by atoms with Crippen molar-refractivity contribution in [2.45, 2.75) is 19.9 Å². The maximum absolute atomic E-state index is 12.2. The summed E-state index contributed by atoms with van der Waals surface area (Å²) < 4.78 is 0. The zero-order valence-electron chi connectivity index (χ0n) is 12.0. The highest BCUT2D eigenvalue weighted by atomic mass is 16.3. The lowest BCUT2D eigenvalue weighted by molar-refractivity contribution is -0.121. The molecule has 20 heavy (non-hydrogen) atoms. The lowest BCUT2D eigenvalue weighted by Gasteiger charge is -2.27. The molecular formula is C14H23N3O3. The molecule has 0 radical (unpaired) electrons. The number of carbonyl (C=O) groups is 1. The van der Waals surface area contributed by atoms with Gasteiger partial charge < -0.3 is 21.3 Å². The fraction of sp³-hybridized carbons (Fsp3) is 0.500. The van der Waals surface area contributed by atoms with Crippen LogP contribution in [0.25, 0.3) is 0 Å². The number of hydrogen-bond donors (Lipinski definition) is 4. The average Bonchev–Trinajstić information content (AvgIpc) is 2.40. The zero-order chi connectivity index (χ0) is 15.1. The molecular weight excluding hydrogens is 258 g/mol. The first-order valence-electron chi connectivity index (χ1n) is 6.62. The van der Waals surface area contributed by atoms with Crippen molar-refractivity contribution >= 4 is 17.3 Å². The Hall–Kier alpha value is -1.63. The van der Waals surface area contributed by atoms with Crippen molar-refractivity contribution in [3.63, 3.8) is 0 Å². The number of carbonyl (C=O) groups excluding carboxylic acids is 1. The van der Waals surface area contributed by atoms with E-state index in [9.17, 15) is 4.79 Å². The minimum atomic E-state index is -0.439. The Labute approximate surface area is 119 Å². The summed E-state index contributed by atoms with van der Waals surface area (Å²) in [5, 5.41) is 20.8. The van der Waals surface area contributed by atoms with Crippen LogP contribution in [0.1, 0.15) is 12.5 Å². The molecule has 1 rings (SSSR count). The van der Waals surface area contributed by atoms with E-state index in [1.165, 1.54) is 0 Å². The molecule has 0 heterocycles. The highest BCUT2D eigenvalue weighted by molar-refractivity contribution is 5.95. The van der Waals surface area contributed by atoms with Gasteiger partial charge in [-0.15, -0.1) is 0 Å². The fourth-order valence-corrected chi connectivity index (χ4v) is 1.99. The Morgan fingerprint density at radius 1 is 1.35 bits per heavy atom. The van der Waals surface area contributed by atoms with Crippen LogP contribution in [0.3, 0.4) is 0 Å². The van der Waals surface area contributed by atoms with Crippen LogP contribution in [-0.2, 0) is 4.79 Å². The van der Waals surface area contributed by atoms with Crippen LogP contribution < -0.4 is 11.1 Å². The van der Waals surface area contributed by atoms with E-state index in [-0.39, 0.29) is 19.1 Å². The maximum atomic E-state index is 12.2. The monoisotopic (exact) mass is 281 g/mol. The minimum absolute atomic E-state index is 0.0570. The van der Waals surface area contributed by atoms with Crippen molar-refractivity contribution in [2.75, 3.05) is 37.4 Å². The third kappa shape index (κ3) is 4.48. The second kappa shape index (κ2) is 7.84. The summed E-state index contributed by atoms with van der Waals surface area (Å²) in [5.41, 5.74) is 7.92. The normalized spacial score (nSPS) is 12.4. The van der Waals surface area contributed by atoms with Crippen molar-refractivity contribution in [1.29, 1.82) is 0 Å². The van der Waals surface area contributed by atoms with Crippen molar-refractivity contribution in [2.24, 2.45) is 0 Å². The van der Waals surface area contributed by atoms with Crippen molar-refractivity contribution < 1.29 is 15.0 Å². The first-order valence-corrected chi connectivity index (χ1v) is 6.62. The summed E-state index contributed by atoms with van der Waals surface area (Å²) in [6.07, 6.45) is 0. The number of nitrogens with two attached hydrogens (primary N) is 1. The Bertz CT molecular complexity index is 445. The van der Waals surface area contributed by atoms with E-state index < -0.39 is 6.04 Å². The van der Waals surface area contributed by atoms with Gasteiger partial charge in [-0.05, 0) is 37.6 Å². The maximum Gasteiger partial charge on any atom is 0.241 e. The molecule has 0 aliphatic rings. The molecule has 1 unspecified atom stereocenters. The van der Waals surface area contributed by atoms with Crippen LogP contribution in [-0.4, -0.2) is 53.4 Å². The van der Waals surface area contributed by atoms with Crippen LogP contribution in [0.5, 0.6) is 0 Å². The molecule has 1 atom stereocenters. The van der Waals surface area contributed by atoms with Crippen LogP contribution in [0, 0.1) is 6.92 Å². The highest BCUT2D eigenvalue weighted by Gasteiger charge is 2.20. The summed E-state index contributed by atoms with van der Waals surface area (Å²) in [6, 6.07) is 4.84. The zero-order valence-corrected chi connectivity index (χ0v) is 12.0. The predicted molar refractivity (Wildman–Crippen MR) is 79.4 cm³/mol. The van der Waals surface area contributed by atoms with Gasteiger partial charge in [-0.25, -0.2) is 0 Å². The summed E-state index contributed by atoms with van der Waals surface area (Å²) in [6.45, 7) is 4.19. The Morgan fingerprint density at radius 3 is 2.45 bits per heavy atom. The lowest BCUT2D eigenvalue weighted by atomic mass is 10.1. The Morgan fingerprint density at radius 2 is 1.95 bits per heavy atom. The lowest BCUT2D eigenvalue weighted by Crippen LogP contribution is -2.44. The van der Waals surface area contributed by atoms with E-state index in [0.717, 1.165) is 5.56 Å². The van der Waals surface area contributed by atoms with Gasteiger partial charge in [0.05, 0.1) is 19.3 Å². The highest BCUT2D eigenvalue weighted by Crippen LogP contribution is 2.18. The molecule has 0 saturated carbocycles. The first-order chi connectivity index (χ1) is 9.49. The van der Waals surface area contributed by atoms with Crippen LogP contribution in [0.4, 0.5) is 11.4 Å². The molecule has 5 N–H and O–H groups in total. The molecule has 1 aromatic rings. The van der Waals surface area contributed by atoms with Gasteiger partial charge in [0, 0.05) is 24.5 Å². The number of nitrogens with one attached hydrogen (secondary N) is 1. The standard InChI is InChI=1S/C14H23N3O3/c1-10-9-12(15)3-4-13(10)16-14(20)11(2)17(5-7-18)6-8-19/h3-4,9,11,18-19H,5-8,15H2,1-2H3,(H,16,20). The van der Waals surface area contributed by atoms with E-state index in [2.05, 4.69) is 5.32 Å². The molecule has 1 aromatic carbocycles. The van der Waals surface area contributed by atoms with Crippen molar-refractivity contribution in [3.8, 4) is 0 Å². The number of hydrogen-bond acceptors (Lipinski definition) is 5. The van der Waals surface area contributed by atoms with E-state index >= 15 is 0 Å². The molecule has 0 saturated heterocycles. The number of amides is 1. The van der Waals surface area contributed by atoms with Crippen LogP contribution in [0.15, 0.2) is 18.2 Å². The van der Waals surface area contributed by atoms with E-state index in [1.807, 2.05) is 6.92 Å². The van der Waals surface area contributed by atoms with Gasteiger partial charge in [0.25, 0.3) is 0 Å². The minimum Gasteiger partial charge on any atom is -0.399 e. The van der Waals surface area contributed by atoms with Gasteiger partial charge >= 0.3 is 0 Å². The average molecular weight is 281 g/mol. The van der Waals surface area contributed by atoms with Gasteiger partial charge in [-0.3, -0.25) is 9.69 Å². The predicted octanol–water partition coefficient (Wildman–Crippen LogP) is 0.191. The smallest absolute Gasteiger partial charge is 0.241 e. The van der Waals surface area contributed by atoms with Gasteiger partial charge in [0.1, 0.15) is 0 Å². The topological polar surface area (TPSA) is 98.8 Å². The summed E-state index contributed by atoms with van der Waals surface area (Å²) in [4.78, 5) is 13.9. The molecule has 6 nitrogen and oxygen atoms in total. The van der Waals surface area contributed by atoms with E-state index in [4.69, 9.17) is 15.9 Å². The number of nitrogen functional groups attached to an aromatic ring is 1. The van der Waals surface area contributed by atoms with E-state index in [0.29, 0.717) is 24.5 Å². The largest absolute Gasteiger partial charge is 0.399 e.